The van der Waals surface area contributed by atoms with Gasteiger partial charge in [-0.3, -0.25) is 4.79 Å². The molecular formula is C11H10BrN2O. The highest BCUT2D eigenvalue weighted by Crippen LogP contribution is 2.18. The van der Waals surface area contributed by atoms with Gasteiger partial charge in [-0.2, -0.15) is 0 Å². The van der Waals surface area contributed by atoms with Gasteiger partial charge in [0.1, 0.15) is 0 Å². The van der Waals surface area contributed by atoms with Crippen LogP contribution in [0.1, 0.15) is 5.56 Å². The van der Waals surface area contributed by atoms with E-state index in [9.17, 15) is 4.79 Å². The molecule has 2 rings (SSSR count). The van der Waals surface area contributed by atoms with E-state index in [1.165, 1.54) is 0 Å². The number of para-hydroxylation sites is 1. The number of fused-ring (bicyclic) bond motifs is 1. The van der Waals surface area contributed by atoms with E-state index in [0.29, 0.717) is 6.42 Å². The fourth-order valence-corrected chi connectivity index (χ4v) is 1.88. The van der Waals surface area contributed by atoms with Crippen molar-refractivity contribution in [3.05, 3.63) is 36.0 Å². The van der Waals surface area contributed by atoms with E-state index in [2.05, 4.69) is 25.5 Å². The van der Waals surface area contributed by atoms with Crippen LogP contribution in [0.5, 0.6) is 0 Å². The third-order valence-corrected chi connectivity index (χ3v) is 2.93. The van der Waals surface area contributed by atoms with Crippen molar-refractivity contribution in [3.63, 3.8) is 0 Å². The van der Waals surface area contributed by atoms with Crippen molar-refractivity contribution >= 4 is 33.3 Å². The van der Waals surface area contributed by atoms with Crippen molar-refractivity contribution in [2.24, 2.45) is 0 Å². The number of aromatic nitrogens is 1. The molecule has 1 heterocycles. The average molecular weight is 266 g/mol. The molecule has 4 heteroatoms. The zero-order valence-corrected chi connectivity index (χ0v) is 9.54. The van der Waals surface area contributed by atoms with Gasteiger partial charge >= 0.3 is 0 Å². The SMILES string of the molecule is O=[C]C(Cc1c[nH]c2ccccc12)NBr. The summed E-state index contributed by atoms with van der Waals surface area (Å²) in [5.41, 5.74) is 2.21. The Balaban J connectivity index is 2.32. The molecule has 0 bridgehead atoms. The normalized spacial score (nSPS) is 12.9. The second-order valence-electron chi connectivity index (χ2n) is 3.34. The number of benzene rings is 1. The lowest BCUT2D eigenvalue weighted by Gasteiger charge is -2.04. The van der Waals surface area contributed by atoms with E-state index >= 15 is 0 Å². The number of halogens is 1. The molecule has 0 aliphatic rings. The van der Waals surface area contributed by atoms with Gasteiger partial charge in [0.15, 0.2) is 0 Å². The predicted octanol–water partition coefficient (Wildman–Crippen LogP) is 2.09. The molecule has 1 unspecified atom stereocenters. The van der Waals surface area contributed by atoms with Gasteiger partial charge in [-0.15, -0.1) is 0 Å². The summed E-state index contributed by atoms with van der Waals surface area (Å²) in [7, 11) is 0. The Kier molecular flexibility index (Phi) is 3.18. The Morgan fingerprint density at radius 1 is 1.47 bits per heavy atom. The van der Waals surface area contributed by atoms with Crippen LogP contribution in [0.25, 0.3) is 10.9 Å². The smallest absolute Gasteiger partial charge is 0.218 e. The maximum absolute atomic E-state index is 10.6. The van der Waals surface area contributed by atoms with Gasteiger partial charge in [0, 0.05) is 33.2 Å². The number of nitrogens with one attached hydrogen (secondary N) is 2. The minimum atomic E-state index is -0.316. The molecule has 15 heavy (non-hydrogen) atoms. The molecule has 0 saturated carbocycles. The first kappa shape index (κ1) is 10.4. The van der Waals surface area contributed by atoms with Crippen LogP contribution in [0.15, 0.2) is 30.5 Å². The minimum absolute atomic E-state index is 0.316. The average Bonchev–Trinajstić information content (AvgIpc) is 2.69. The molecular weight excluding hydrogens is 256 g/mol. The summed E-state index contributed by atoms with van der Waals surface area (Å²) in [4.78, 5) is 13.7. The van der Waals surface area contributed by atoms with Crippen LogP contribution in [0.4, 0.5) is 0 Å². The standard InChI is InChI=1S/C11H10BrN2O/c12-14-9(7-15)5-8-6-13-11-4-2-1-3-10(8)11/h1-4,6,9,13-14H,5H2. The lowest BCUT2D eigenvalue weighted by Crippen LogP contribution is -2.24. The number of hydrogen-bond donors (Lipinski definition) is 2. The quantitative estimate of drug-likeness (QED) is 0.832. The molecule has 0 saturated heterocycles. The maximum Gasteiger partial charge on any atom is 0.218 e. The van der Waals surface area contributed by atoms with Crippen molar-refractivity contribution in [2.45, 2.75) is 12.5 Å². The molecule has 1 aromatic heterocycles. The molecule has 0 aliphatic heterocycles. The highest BCUT2D eigenvalue weighted by atomic mass is 79.9. The Hall–Kier alpha value is -1.13. The highest BCUT2D eigenvalue weighted by Gasteiger charge is 2.10. The van der Waals surface area contributed by atoms with Crippen molar-refractivity contribution in [1.82, 2.24) is 9.33 Å². The van der Waals surface area contributed by atoms with Gasteiger partial charge < -0.3 is 4.98 Å². The van der Waals surface area contributed by atoms with Gasteiger partial charge in [-0.25, -0.2) is 4.34 Å². The van der Waals surface area contributed by atoms with E-state index in [-0.39, 0.29) is 6.04 Å². The van der Waals surface area contributed by atoms with Crippen molar-refractivity contribution in [2.75, 3.05) is 0 Å². The zero-order valence-electron chi connectivity index (χ0n) is 7.96. The lowest BCUT2D eigenvalue weighted by atomic mass is 10.1. The fourth-order valence-electron chi connectivity index (χ4n) is 1.62. The van der Waals surface area contributed by atoms with Crippen LogP contribution in [0, 0.1) is 0 Å². The second-order valence-corrected chi connectivity index (χ2v) is 3.80. The number of H-pyrrole nitrogens is 1. The van der Waals surface area contributed by atoms with Crippen molar-refractivity contribution in [1.29, 1.82) is 0 Å². The van der Waals surface area contributed by atoms with Crippen LogP contribution < -0.4 is 4.34 Å². The number of aromatic amines is 1. The fraction of sp³-hybridized carbons (Fsp3) is 0.182. The summed E-state index contributed by atoms with van der Waals surface area (Å²) in [6.07, 6.45) is 4.49. The largest absolute Gasteiger partial charge is 0.361 e. The summed E-state index contributed by atoms with van der Waals surface area (Å²) in [5, 5.41) is 1.15. The van der Waals surface area contributed by atoms with Crippen molar-refractivity contribution in [3.8, 4) is 0 Å². The van der Waals surface area contributed by atoms with E-state index in [4.69, 9.17) is 0 Å². The van der Waals surface area contributed by atoms with Crippen LogP contribution in [0.2, 0.25) is 0 Å². The van der Waals surface area contributed by atoms with Crippen LogP contribution in [0.3, 0.4) is 0 Å². The third kappa shape index (κ3) is 2.11. The molecule has 0 aliphatic carbocycles. The van der Waals surface area contributed by atoms with Gasteiger partial charge in [-0.1, -0.05) is 18.2 Å². The van der Waals surface area contributed by atoms with Gasteiger partial charge in [0.05, 0.1) is 6.04 Å². The Morgan fingerprint density at radius 2 is 2.27 bits per heavy atom. The van der Waals surface area contributed by atoms with Crippen LogP contribution in [-0.2, 0) is 11.2 Å². The number of rotatable bonds is 4. The van der Waals surface area contributed by atoms with E-state index in [1.54, 1.807) is 0 Å². The summed E-state index contributed by atoms with van der Waals surface area (Å²) >= 11 is 3.06. The molecule has 1 radical (unpaired) electrons. The zero-order chi connectivity index (χ0) is 10.7. The lowest BCUT2D eigenvalue weighted by molar-refractivity contribution is 0.537. The van der Waals surface area contributed by atoms with Gasteiger partial charge in [0.2, 0.25) is 6.29 Å². The van der Waals surface area contributed by atoms with Gasteiger partial charge in [0.25, 0.3) is 0 Å². The highest BCUT2D eigenvalue weighted by molar-refractivity contribution is 9.08. The second kappa shape index (κ2) is 4.59. The first-order valence-electron chi connectivity index (χ1n) is 4.64. The predicted molar refractivity (Wildman–Crippen MR) is 63.5 cm³/mol. The molecule has 1 atom stereocenters. The summed E-state index contributed by atoms with van der Waals surface area (Å²) in [6.45, 7) is 0. The van der Waals surface area contributed by atoms with E-state index in [0.717, 1.165) is 16.5 Å². The molecule has 0 spiro atoms. The third-order valence-electron chi connectivity index (χ3n) is 2.37. The molecule has 2 aromatic rings. The monoisotopic (exact) mass is 265 g/mol. The molecule has 1 aromatic carbocycles. The maximum atomic E-state index is 10.6. The topological polar surface area (TPSA) is 44.9 Å². The minimum Gasteiger partial charge on any atom is -0.361 e. The van der Waals surface area contributed by atoms with Crippen molar-refractivity contribution < 1.29 is 4.79 Å². The van der Waals surface area contributed by atoms with E-state index < -0.39 is 0 Å². The van der Waals surface area contributed by atoms with Crippen LogP contribution in [-0.4, -0.2) is 17.3 Å². The summed E-state index contributed by atoms with van der Waals surface area (Å²) in [6, 6.07) is 7.71. The molecule has 3 nitrogen and oxygen atoms in total. The first-order chi connectivity index (χ1) is 7.35. The van der Waals surface area contributed by atoms with Gasteiger partial charge in [-0.05, 0) is 18.1 Å². The number of carbonyl (C=O) groups excluding carboxylic acids is 1. The molecule has 77 valence electrons. The Morgan fingerprint density at radius 3 is 3.00 bits per heavy atom. The molecule has 0 amide bonds. The number of hydrogen-bond acceptors (Lipinski definition) is 2. The summed E-state index contributed by atoms with van der Waals surface area (Å²) < 4.78 is 2.73. The Labute approximate surface area is 96.2 Å². The molecule has 0 fully saturated rings. The summed E-state index contributed by atoms with van der Waals surface area (Å²) in [5.74, 6) is 0. The van der Waals surface area contributed by atoms with E-state index in [1.807, 2.05) is 36.7 Å². The Bertz CT molecular complexity index is 466. The van der Waals surface area contributed by atoms with Crippen LogP contribution >= 0.6 is 16.1 Å². The first-order valence-corrected chi connectivity index (χ1v) is 5.43. The molecule has 2 N–H and O–H groups in total.